The van der Waals surface area contributed by atoms with Crippen LogP contribution in [0.25, 0.3) is 44.2 Å². The SMILES string of the molecule is Cc1ccc(-n2c3ccc(O)cc3c3c(C4=CC=CCC4)cc(-c4ccccc4)cc32)cc1. The summed E-state index contributed by atoms with van der Waals surface area (Å²) in [6.07, 6.45) is 8.69. The van der Waals surface area contributed by atoms with Crippen LogP contribution in [0.4, 0.5) is 0 Å². The molecule has 33 heavy (non-hydrogen) atoms. The van der Waals surface area contributed by atoms with Crippen molar-refractivity contribution in [3.63, 3.8) is 0 Å². The quantitative estimate of drug-likeness (QED) is 0.308. The minimum atomic E-state index is 0.293. The Morgan fingerprint density at radius 1 is 0.788 bits per heavy atom. The van der Waals surface area contributed by atoms with Crippen LogP contribution in [0, 0.1) is 6.92 Å². The molecule has 0 amide bonds. The zero-order valence-electron chi connectivity index (χ0n) is 18.6. The molecule has 0 saturated carbocycles. The number of phenolic OH excluding ortho intramolecular Hbond substituents is 1. The van der Waals surface area contributed by atoms with Crippen LogP contribution >= 0.6 is 0 Å². The molecule has 0 spiro atoms. The molecule has 2 heteroatoms. The Morgan fingerprint density at radius 2 is 1.61 bits per heavy atom. The van der Waals surface area contributed by atoms with E-state index in [0.717, 1.165) is 34.9 Å². The van der Waals surface area contributed by atoms with Crippen molar-refractivity contribution in [2.45, 2.75) is 19.8 Å². The van der Waals surface area contributed by atoms with Gasteiger partial charge in [-0.15, -0.1) is 0 Å². The van der Waals surface area contributed by atoms with Crippen LogP contribution in [0.1, 0.15) is 24.0 Å². The Labute approximate surface area is 193 Å². The molecule has 2 nitrogen and oxygen atoms in total. The standard InChI is InChI=1S/C31H25NO/c1-21-12-14-25(15-13-21)32-29-17-16-26(33)20-28(29)31-27(23-10-6-3-7-11-23)18-24(19-30(31)32)22-8-4-2-5-9-22/h2-6,8-10,12-20,33H,7,11H2,1H3. The number of rotatable bonds is 3. The maximum absolute atomic E-state index is 10.4. The fourth-order valence-electron chi connectivity index (χ4n) is 4.98. The second kappa shape index (κ2) is 7.83. The van der Waals surface area contributed by atoms with E-state index in [4.69, 9.17) is 0 Å². The molecule has 4 aromatic carbocycles. The number of nitrogens with zero attached hydrogens (tertiary/aromatic N) is 1. The first-order chi connectivity index (χ1) is 16.2. The van der Waals surface area contributed by atoms with Gasteiger partial charge in [-0.1, -0.05) is 66.3 Å². The number of aryl methyl sites for hydroxylation is 1. The Morgan fingerprint density at radius 3 is 2.36 bits per heavy atom. The van der Waals surface area contributed by atoms with Crippen LogP contribution in [0.3, 0.4) is 0 Å². The molecule has 1 aliphatic rings. The van der Waals surface area contributed by atoms with Crippen LogP contribution in [0.15, 0.2) is 103 Å². The van der Waals surface area contributed by atoms with Crippen molar-refractivity contribution < 1.29 is 5.11 Å². The van der Waals surface area contributed by atoms with Gasteiger partial charge in [0.05, 0.1) is 11.0 Å². The first kappa shape index (κ1) is 19.6. The van der Waals surface area contributed by atoms with Crippen LogP contribution in [0.5, 0.6) is 5.75 Å². The smallest absolute Gasteiger partial charge is 0.116 e. The molecule has 6 rings (SSSR count). The molecule has 5 aromatic rings. The highest BCUT2D eigenvalue weighted by Crippen LogP contribution is 2.42. The van der Waals surface area contributed by atoms with Gasteiger partial charge in [-0.05, 0) is 84.5 Å². The highest BCUT2D eigenvalue weighted by atomic mass is 16.3. The van der Waals surface area contributed by atoms with Gasteiger partial charge in [0.25, 0.3) is 0 Å². The number of fused-ring (bicyclic) bond motifs is 3. The zero-order chi connectivity index (χ0) is 22.4. The number of benzene rings is 4. The van der Waals surface area contributed by atoms with Gasteiger partial charge < -0.3 is 9.67 Å². The van der Waals surface area contributed by atoms with Crippen molar-refractivity contribution in [1.29, 1.82) is 0 Å². The first-order valence-corrected chi connectivity index (χ1v) is 11.5. The number of hydrogen-bond acceptors (Lipinski definition) is 1. The summed E-state index contributed by atoms with van der Waals surface area (Å²) in [7, 11) is 0. The summed E-state index contributed by atoms with van der Waals surface area (Å²) in [5.41, 5.74) is 9.62. The van der Waals surface area contributed by atoms with Crippen molar-refractivity contribution in [1.82, 2.24) is 4.57 Å². The average Bonchev–Trinajstić information content (AvgIpc) is 3.18. The van der Waals surface area contributed by atoms with Gasteiger partial charge in [0.1, 0.15) is 5.75 Å². The molecule has 0 saturated heterocycles. The van der Waals surface area contributed by atoms with Gasteiger partial charge in [0.2, 0.25) is 0 Å². The molecule has 160 valence electrons. The van der Waals surface area contributed by atoms with E-state index in [0.29, 0.717) is 5.75 Å². The van der Waals surface area contributed by atoms with E-state index in [1.807, 2.05) is 12.1 Å². The third-order valence-electron chi connectivity index (χ3n) is 6.61. The highest BCUT2D eigenvalue weighted by Gasteiger charge is 2.19. The third kappa shape index (κ3) is 3.35. The van der Waals surface area contributed by atoms with E-state index in [1.54, 1.807) is 6.07 Å². The Bertz CT molecular complexity index is 1550. The third-order valence-corrected chi connectivity index (χ3v) is 6.61. The fraction of sp³-hybridized carbons (Fsp3) is 0.0968. The normalized spacial score (nSPS) is 13.5. The van der Waals surface area contributed by atoms with Crippen molar-refractivity contribution in [3.05, 3.63) is 114 Å². The molecular formula is C31H25NO. The van der Waals surface area contributed by atoms with Gasteiger partial charge in [-0.2, -0.15) is 0 Å². The Hall–Kier alpha value is -4.04. The van der Waals surface area contributed by atoms with E-state index in [1.165, 1.54) is 33.2 Å². The minimum Gasteiger partial charge on any atom is -0.508 e. The van der Waals surface area contributed by atoms with Crippen molar-refractivity contribution in [2.75, 3.05) is 0 Å². The molecular weight excluding hydrogens is 402 g/mol. The topological polar surface area (TPSA) is 25.2 Å². The fourth-order valence-corrected chi connectivity index (χ4v) is 4.98. The molecule has 0 bridgehead atoms. The predicted molar refractivity (Wildman–Crippen MR) is 139 cm³/mol. The largest absolute Gasteiger partial charge is 0.508 e. The van der Waals surface area contributed by atoms with Gasteiger partial charge >= 0.3 is 0 Å². The first-order valence-electron chi connectivity index (χ1n) is 11.5. The maximum Gasteiger partial charge on any atom is 0.116 e. The lowest BCUT2D eigenvalue weighted by Gasteiger charge is -2.15. The van der Waals surface area contributed by atoms with E-state index >= 15 is 0 Å². The minimum absolute atomic E-state index is 0.293. The average molecular weight is 428 g/mol. The Kier molecular flexibility index (Phi) is 4.66. The molecule has 0 fully saturated rings. The van der Waals surface area contributed by atoms with Crippen LogP contribution in [-0.2, 0) is 0 Å². The number of aromatic hydroxyl groups is 1. The summed E-state index contributed by atoms with van der Waals surface area (Å²) in [5.74, 6) is 0.293. The Balaban J connectivity index is 1.78. The van der Waals surface area contributed by atoms with Crippen LogP contribution < -0.4 is 0 Å². The molecule has 1 aromatic heterocycles. The summed E-state index contributed by atoms with van der Waals surface area (Å²) in [4.78, 5) is 0. The van der Waals surface area contributed by atoms with Crippen molar-refractivity contribution in [3.8, 4) is 22.6 Å². The number of phenols is 1. The zero-order valence-corrected chi connectivity index (χ0v) is 18.6. The van der Waals surface area contributed by atoms with Gasteiger partial charge in [0.15, 0.2) is 0 Å². The van der Waals surface area contributed by atoms with Crippen molar-refractivity contribution >= 4 is 27.4 Å². The lowest BCUT2D eigenvalue weighted by atomic mass is 9.90. The summed E-state index contributed by atoms with van der Waals surface area (Å²) in [6, 6.07) is 29.6. The summed E-state index contributed by atoms with van der Waals surface area (Å²) >= 11 is 0. The molecule has 1 heterocycles. The molecule has 1 aliphatic carbocycles. The van der Waals surface area contributed by atoms with E-state index in [-0.39, 0.29) is 0 Å². The van der Waals surface area contributed by atoms with Crippen LogP contribution in [-0.4, -0.2) is 9.67 Å². The highest BCUT2D eigenvalue weighted by molar-refractivity contribution is 6.15. The van der Waals surface area contributed by atoms with Gasteiger partial charge in [0, 0.05) is 16.5 Å². The van der Waals surface area contributed by atoms with E-state index in [9.17, 15) is 5.11 Å². The summed E-state index contributed by atoms with van der Waals surface area (Å²) in [5, 5.41) is 12.7. The van der Waals surface area contributed by atoms with E-state index < -0.39 is 0 Å². The summed E-state index contributed by atoms with van der Waals surface area (Å²) in [6.45, 7) is 2.11. The maximum atomic E-state index is 10.4. The van der Waals surface area contributed by atoms with Crippen molar-refractivity contribution in [2.24, 2.45) is 0 Å². The number of allylic oxidation sites excluding steroid dienone is 4. The second-order valence-electron chi connectivity index (χ2n) is 8.82. The predicted octanol–water partition coefficient (Wildman–Crippen LogP) is 8.20. The molecule has 1 N–H and O–H groups in total. The number of hydrogen-bond donors (Lipinski definition) is 1. The summed E-state index contributed by atoms with van der Waals surface area (Å²) < 4.78 is 2.33. The molecule has 0 unspecified atom stereocenters. The van der Waals surface area contributed by atoms with Gasteiger partial charge in [-0.3, -0.25) is 0 Å². The van der Waals surface area contributed by atoms with Gasteiger partial charge in [-0.25, -0.2) is 0 Å². The lowest BCUT2D eigenvalue weighted by molar-refractivity contribution is 0.476. The van der Waals surface area contributed by atoms with E-state index in [2.05, 4.69) is 96.4 Å². The molecule has 0 atom stereocenters. The number of aromatic nitrogens is 1. The van der Waals surface area contributed by atoms with Crippen LogP contribution in [0.2, 0.25) is 0 Å². The molecule has 0 radical (unpaired) electrons. The monoisotopic (exact) mass is 427 g/mol. The molecule has 0 aliphatic heterocycles. The lowest BCUT2D eigenvalue weighted by Crippen LogP contribution is -1.96. The second-order valence-corrected chi connectivity index (χ2v) is 8.82.